The van der Waals surface area contributed by atoms with Gasteiger partial charge >= 0.3 is 0 Å². The van der Waals surface area contributed by atoms with E-state index < -0.39 is 0 Å². The van der Waals surface area contributed by atoms with Crippen molar-refractivity contribution >= 4 is 5.96 Å². The summed E-state index contributed by atoms with van der Waals surface area (Å²) in [5, 5.41) is 3.52. The molecule has 1 aliphatic carbocycles. The molecule has 3 rings (SSSR count). The van der Waals surface area contributed by atoms with E-state index in [-0.39, 0.29) is 0 Å². The van der Waals surface area contributed by atoms with Crippen molar-refractivity contribution in [2.75, 3.05) is 33.9 Å². The van der Waals surface area contributed by atoms with Gasteiger partial charge in [0.25, 0.3) is 0 Å². The van der Waals surface area contributed by atoms with E-state index in [1.165, 1.54) is 32.1 Å². The minimum atomic E-state index is 0.556. The van der Waals surface area contributed by atoms with Gasteiger partial charge < -0.3 is 19.7 Å². The van der Waals surface area contributed by atoms with Crippen molar-refractivity contribution in [3.05, 3.63) is 23.8 Å². The number of hydrogen-bond donors (Lipinski definition) is 1. The first-order valence-corrected chi connectivity index (χ1v) is 9.45. The third-order valence-corrected chi connectivity index (χ3v) is 5.59. The Morgan fingerprint density at radius 2 is 2.04 bits per heavy atom. The van der Waals surface area contributed by atoms with Gasteiger partial charge in [0.1, 0.15) is 0 Å². The molecular formula is C20H31N3O2. The fourth-order valence-corrected chi connectivity index (χ4v) is 4.26. The molecule has 25 heavy (non-hydrogen) atoms. The van der Waals surface area contributed by atoms with Crippen LogP contribution in [0.4, 0.5) is 0 Å². The second kappa shape index (κ2) is 7.98. The van der Waals surface area contributed by atoms with E-state index in [1.807, 2.05) is 26.1 Å². The van der Waals surface area contributed by atoms with Crippen LogP contribution in [0.25, 0.3) is 0 Å². The normalized spacial score (nSPS) is 19.5. The first-order valence-electron chi connectivity index (χ1n) is 9.45. The van der Waals surface area contributed by atoms with Crippen molar-refractivity contribution in [3.63, 3.8) is 0 Å². The molecule has 2 aliphatic rings. The number of likely N-dealkylation sites (tertiary alicyclic amines) is 1. The van der Waals surface area contributed by atoms with Crippen molar-refractivity contribution in [2.24, 2.45) is 10.4 Å². The number of guanidine groups is 1. The van der Waals surface area contributed by atoms with Gasteiger partial charge in [0.15, 0.2) is 17.5 Å². The lowest BCUT2D eigenvalue weighted by Gasteiger charge is -2.26. The molecule has 1 saturated heterocycles. The topological polar surface area (TPSA) is 46.1 Å². The number of hydrogen-bond acceptors (Lipinski definition) is 3. The molecule has 5 nitrogen and oxygen atoms in total. The molecule has 5 heteroatoms. The number of ether oxygens (including phenoxy) is 2. The molecule has 0 atom stereocenters. The highest BCUT2D eigenvalue weighted by atomic mass is 16.5. The third kappa shape index (κ3) is 4.02. The zero-order chi connectivity index (χ0) is 17.7. The van der Waals surface area contributed by atoms with Gasteiger partial charge in [-0.05, 0) is 49.3 Å². The van der Waals surface area contributed by atoms with Gasteiger partial charge in [-0.1, -0.05) is 18.9 Å². The summed E-state index contributed by atoms with van der Waals surface area (Å²) in [7, 11) is 3.56. The fraction of sp³-hybridized carbons (Fsp3) is 0.650. The molecule has 1 aromatic rings. The van der Waals surface area contributed by atoms with Gasteiger partial charge in [0.2, 0.25) is 0 Å². The van der Waals surface area contributed by atoms with Crippen LogP contribution in [-0.2, 0) is 6.54 Å². The summed E-state index contributed by atoms with van der Waals surface area (Å²) in [6.45, 7) is 5.62. The van der Waals surface area contributed by atoms with Crippen LogP contribution in [0.2, 0.25) is 0 Å². The van der Waals surface area contributed by atoms with Gasteiger partial charge in [0.05, 0.1) is 13.7 Å². The maximum Gasteiger partial charge on any atom is 0.193 e. The van der Waals surface area contributed by atoms with Gasteiger partial charge in [0, 0.05) is 26.7 Å². The Balaban J connectivity index is 1.60. The van der Waals surface area contributed by atoms with Crippen molar-refractivity contribution in [1.82, 2.24) is 10.2 Å². The van der Waals surface area contributed by atoms with E-state index in [2.05, 4.69) is 21.3 Å². The SMILES string of the molecule is CCOc1ccc(CNC(=NC)N2CCC3(CCCC3)C2)cc1OC. The summed E-state index contributed by atoms with van der Waals surface area (Å²) in [6.07, 6.45) is 6.87. The summed E-state index contributed by atoms with van der Waals surface area (Å²) in [5.74, 6) is 2.58. The average molecular weight is 345 g/mol. The molecule has 138 valence electrons. The average Bonchev–Trinajstić information content (AvgIpc) is 3.27. The molecular weight excluding hydrogens is 314 g/mol. The monoisotopic (exact) mass is 345 g/mol. The quantitative estimate of drug-likeness (QED) is 0.656. The lowest BCUT2D eigenvalue weighted by atomic mass is 9.86. The molecule has 0 radical (unpaired) electrons. The van der Waals surface area contributed by atoms with Crippen LogP contribution in [0.15, 0.2) is 23.2 Å². The van der Waals surface area contributed by atoms with E-state index in [0.717, 1.165) is 42.7 Å². The van der Waals surface area contributed by atoms with E-state index in [9.17, 15) is 0 Å². The van der Waals surface area contributed by atoms with E-state index in [0.29, 0.717) is 12.0 Å². The summed E-state index contributed by atoms with van der Waals surface area (Å²) >= 11 is 0. The van der Waals surface area contributed by atoms with Crippen molar-refractivity contribution < 1.29 is 9.47 Å². The standard InChI is InChI=1S/C20H31N3O2/c1-4-25-17-8-7-16(13-18(17)24-3)14-22-19(21-2)23-12-11-20(15-23)9-5-6-10-20/h7-8,13H,4-6,9-12,14-15H2,1-3H3,(H,21,22). The Hall–Kier alpha value is -1.91. The molecule has 1 spiro atoms. The number of rotatable bonds is 5. The molecule has 1 N–H and O–H groups in total. The maximum absolute atomic E-state index is 5.59. The number of nitrogens with zero attached hydrogens (tertiary/aromatic N) is 2. The molecule has 1 aromatic carbocycles. The summed E-state index contributed by atoms with van der Waals surface area (Å²) < 4.78 is 11.0. The Kier molecular flexibility index (Phi) is 5.71. The number of methoxy groups -OCH3 is 1. The Morgan fingerprint density at radius 1 is 1.24 bits per heavy atom. The summed E-state index contributed by atoms with van der Waals surface area (Å²) in [4.78, 5) is 6.93. The van der Waals surface area contributed by atoms with E-state index in [1.54, 1.807) is 7.11 Å². The van der Waals surface area contributed by atoms with Crippen molar-refractivity contribution in [1.29, 1.82) is 0 Å². The predicted molar refractivity (Wildman–Crippen MR) is 101 cm³/mol. The molecule has 0 amide bonds. The highest BCUT2D eigenvalue weighted by Crippen LogP contribution is 2.45. The molecule has 2 fully saturated rings. The van der Waals surface area contributed by atoms with Crippen molar-refractivity contribution in [2.45, 2.75) is 45.6 Å². The molecule has 0 unspecified atom stereocenters. The van der Waals surface area contributed by atoms with Crippen LogP contribution < -0.4 is 14.8 Å². The Bertz CT molecular complexity index is 609. The highest BCUT2D eigenvalue weighted by molar-refractivity contribution is 5.80. The van der Waals surface area contributed by atoms with Gasteiger partial charge in [-0.3, -0.25) is 4.99 Å². The lowest BCUT2D eigenvalue weighted by molar-refractivity contribution is 0.309. The minimum absolute atomic E-state index is 0.556. The maximum atomic E-state index is 5.59. The van der Waals surface area contributed by atoms with Crippen LogP contribution in [0.5, 0.6) is 11.5 Å². The third-order valence-electron chi connectivity index (χ3n) is 5.59. The minimum Gasteiger partial charge on any atom is -0.493 e. The first-order chi connectivity index (χ1) is 12.2. The molecule has 0 bridgehead atoms. The van der Waals surface area contributed by atoms with Crippen LogP contribution in [-0.4, -0.2) is 44.7 Å². The van der Waals surface area contributed by atoms with E-state index >= 15 is 0 Å². The number of nitrogens with one attached hydrogen (secondary N) is 1. The molecule has 1 aliphatic heterocycles. The predicted octanol–water partition coefficient (Wildman–Crippen LogP) is 3.44. The van der Waals surface area contributed by atoms with Crippen LogP contribution in [0.3, 0.4) is 0 Å². The van der Waals surface area contributed by atoms with Crippen LogP contribution in [0, 0.1) is 5.41 Å². The lowest BCUT2D eigenvalue weighted by Crippen LogP contribution is -2.40. The van der Waals surface area contributed by atoms with Gasteiger partial charge in [-0.25, -0.2) is 0 Å². The van der Waals surface area contributed by atoms with Gasteiger partial charge in [-0.15, -0.1) is 0 Å². The molecule has 1 saturated carbocycles. The summed E-state index contributed by atoms with van der Waals surface area (Å²) in [6, 6.07) is 6.09. The number of aliphatic imine (C=N–C) groups is 1. The Labute approximate surface area is 151 Å². The molecule has 1 heterocycles. The molecule has 0 aromatic heterocycles. The number of benzene rings is 1. The van der Waals surface area contributed by atoms with Crippen LogP contribution in [0.1, 0.15) is 44.6 Å². The highest BCUT2D eigenvalue weighted by Gasteiger charge is 2.41. The second-order valence-electron chi connectivity index (χ2n) is 7.20. The zero-order valence-corrected chi connectivity index (χ0v) is 15.8. The van der Waals surface area contributed by atoms with E-state index in [4.69, 9.17) is 9.47 Å². The largest absolute Gasteiger partial charge is 0.493 e. The zero-order valence-electron chi connectivity index (χ0n) is 15.8. The smallest absolute Gasteiger partial charge is 0.193 e. The van der Waals surface area contributed by atoms with Crippen LogP contribution >= 0.6 is 0 Å². The second-order valence-corrected chi connectivity index (χ2v) is 7.20. The first kappa shape index (κ1) is 17.9. The van der Waals surface area contributed by atoms with Crippen molar-refractivity contribution in [3.8, 4) is 11.5 Å². The fourth-order valence-electron chi connectivity index (χ4n) is 4.26. The summed E-state index contributed by atoms with van der Waals surface area (Å²) in [5.41, 5.74) is 1.72. The van der Waals surface area contributed by atoms with Gasteiger partial charge in [-0.2, -0.15) is 0 Å². The Morgan fingerprint density at radius 3 is 2.72 bits per heavy atom.